The largest absolute Gasteiger partial charge is 0.494 e. The van der Waals surface area contributed by atoms with Gasteiger partial charge in [-0.25, -0.2) is 0 Å². The molecule has 0 bridgehead atoms. The number of hydrogen-bond acceptors (Lipinski definition) is 5. The second-order valence-electron chi connectivity index (χ2n) is 9.14. The maximum absolute atomic E-state index is 13.6. The Morgan fingerprint density at radius 3 is 2.65 bits per heavy atom. The molecule has 0 spiro atoms. The molecule has 2 aliphatic rings. The molecule has 34 heavy (non-hydrogen) atoms. The van der Waals surface area contributed by atoms with Crippen molar-refractivity contribution in [2.24, 2.45) is 0 Å². The van der Waals surface area contributed by atoms with Crippen LogP contribution in [0.15, 0.2) is 48.5 Å². The number of carbonyl (C=O) groups excluding carboxylic acids is 1. The molecular formula is C28H38N2O4. The molecular weight excluding hydrogens is 428 g/mol. The van der Waals surface area contributed by atoms with Gasteiger partial charge in [0, 0.05) is 32.3 Å². The summed E-state index contributed by atoms with van der Waals surface area (Å²) < 4.78 is 17.9. The first kappa shape index (κ1) is 24.6. The molecule has 1 fully saturated rings. The fraction of sp³-hybridized carbons (Fsp3) is 0.536. The number of benzene rings is 2. The number of hydrogen-bond donors (Lipinski definition) is 0. The van der Waals surface area contributed by atoms with E-state index in [0.717, 1.165) is 64.0 Å². The van der Waals surface area contributed by atoms with Crippen LogP contribution >= 0.6 is 0 Å². The highest BCUT2D eigenvalue weighted by atomic mass is 16.5. The molecule has 184 valence electrons. The first-order valence-corrected chi connectivity index (χ1v) is 12.7. The summed E-state index contributed by atoms with van der Waals surface area (Å²) in [5.41, 5.74) is 1.85. The normalized spacial score (nSPS) is 22.4. The lowest BCUT2D eigenvalue weighted by molar-refractivity contribution is -0.0155. The van der Waals surface area contributed by atoms with Gasteiger partial charge < -0.3 is 19.1 Å². The van der Waals surface area contributed by atoms with Crippen molar-refractivity contribution in [2.75, 3.05) is 40.0 Å². The maximum atomic E-state index is 13.6. The Kier molecular flexibility index (Phi) is 8.83. The van der Waals surface area contributed by atoms with Gasteiger partial charge in [-0.1, -0.05) is 36.8 Å². The summed E-state index contributed by atoms with van der Waals surface area (Å²) in [5.74, 6) is 1.68. The van der Waals surface area contributed by atoms with Crippen LogP contribution in [0.1, 0.15) is 54.9 Å². The van der Waals surface area contributed by atoms with Crippen LogP contribution < -0.4 is 9.47 Å². The van der Waals surface area contributed by atoms with E-state index in [1.807, 2.05) is 48.2 Å². The Morgan fingerprint density at radius 2 is 1.79 bits per heavy atom. The van der Waals surface area contributed by atoms with E-state index in [4.69, 9.17) is 14.2 Å². The molecule has 0 radical (unpaired) electrons. The molecule has 4 rings (SSSR count). The molecule has 2 heterocycles. The van der Waals surface area contributed by atoms with Gasteiger partial charge in [0.2, 0.25) is 0 Å². The highest BCUT2D eigenvalue weighted by Gasteiger charge is 2.35. The minimum Gasteiger partial charge on any atom is -0.494 e. The van der Waals surface area contributed by atoms with E-state index in [9.17, 15) is 4.79 Å². The van der Waals surface area contributed by atoms with E-state index < -0.39 is 0 Å². The van der Waals surface area contributed by atoms with Crippen LogP contribution in [-0.2, 0) is 11.3 Å². The van der Waals surface area contributed by atoms with Gasteiger partial charge in [-0.15, -0.1) is 0 Å². The standard InChI is InChI=1S/C28H38N2O4/c1-3-33-25-14-6-4-11-22(25)21-29-17-9-8-13-24-27(32-2)16-10-18-30(24)28(31)23-12-5-7-15-26(23)34-20-19-29/h4-7,11-12,14-15,24,27H,3,8-10,13,16-21H2,1-2H3/t24-,27-/m1/s1. The van der Waals surface area contributed by atoms with Crippen LogP contribution in [0, 0.1) is 0 Å². The van der Waals surface area contributed by atoms with Gasteiger partial charge in [0.1, 0.15) is 18.1 Å². The van der Waals surface area contributed by atoms with E-state index in [2.05, 4.69) is 17.0 Å². The van der Waals surface area contributed by atoms with Crippen LogP contribution in [-0.4, -0.2) is 67.8 Å². The highest BCUT2D eigenvalue weighted by molar-refractivity contribution is 5.97. The average molecular weight is 467 g/mol. The molecule has 2 aromatic carbocycles. The minimum absolute atomic E-state index is 0.0593. The SMILES string of the molecule is CCOc1ccccc1CN1CCCC[C@@H]2[C@H](OC)CCCN2C(=O)c2ccccc2OCC1. The van der Waals surface area contributed by atoms with Crippen molar-refractivity contribution in [1.82, 2.24) is 9.80 Å². The Balaban J connectivity index is 1.55. The Morgan fingerprint density at radius 1 is 0.971 bits per heavy atom. The lowest BCUT2D eigenvalue weighted by Crippen LogP contribution is -2.51. The summed E-state index contributed by atoms with van der Waals surface area (Å²) in [6.45, 7) is 6.56. The molecule has 6 nitrogen and oxygen atoms in total. The van der Waals surface area contributed by atoms with Gasteiger partial charge in [0.25, 0.3) is 5.91 Å². The van der Waals surface area contributed by atoms with Crippen LogP contribution in [0.4, 0.5) is 0 Å². The summed E-state index contributed by atoms with van der Waals surface area (Å²) in [5, 5.41) is 0. The predicted octanol–water partition coefficient (Wildman–Crippen LogP) is 4.77. The lowest BCUT2D eigenvalue weighted by atomic mass is 9.93. The zero-order valence-electron chi connectivity index (χ0n) is 20.6. The number of para-hydroxylation sites is 2. The third kappa shape index (κ3) is 5.91. The molecule has 2 aliphatic heterocycles. The summed E-state index contributed by atoms with van der Waals surface area (Å²) in [6, 6.07) is 16.0. The summed E-state index contributed by atoms with van der Waals surface area (Å²) in [7, 11) is 1.77. The van der Waals surface area contributed by atoms with Gasteiger partial charge in [0.15, 0.2) is 0 Å². The quantitative estimate of drug-likeness (QED) is 0.635. The second-order valence-corrected chi connectivity index (χ2v) is 9.14. The van der Waals surface area contributed by atoms with E-state index in [1.165, 1.54) is 5.56 Å². The lowest BCUT2D eigenvalue weighted by Gasteiger charge is -2.41. The molecule has 0 unspecified atom stereocenters. The Hall–Kier alpha value is -2.57. The van der Waals surface area contributed by atoms with Crippen LogP contribution in [0.2, 0.25) is 0 Å². The van der Waals surface area contributed by atoms with Crippen molar-refractivity contribution < 1.29 is 19.0 Å². The van der Waals surface area contributed by atoms with Crippen molar-refractivity contribution in [2.45, 2.75) is 57.7 Å². The van der Waals surface area contributed by atoms with E-state index in [1.54, 1.807) is 7.11 Å². The smallest absolute Gasteiger partial charge is 0.257 e. The summed E-state index contributed by atoms with van der Waals surface area (Å²) >= 11 is 0. The van der Waals surface area contributed by atoms with Crippen molar-refractivity contribution in [1.29, 1.82) is 0 Å². The first-order chi connectivity index (χ1) is 16.7. The zero-order chi connectivity index (χ0) is 23.8. The number of carbonyl (C=O) groups is 1. The van der Waals surface area contributed by atoms with Crippen LogP contribution in [0.5, 0.6) is 11.5 Å². The van der Waals surface area contributed by atoms with E-state index in [0.29, 0.717) is 24.5 Å². The number of amides is 1. The monoisotopic (exact) mass is 466 g/mol. The molecule has 1 saturated heterocycles. The van der Waals surface area contributed by atoms with Gasteiger partial charge in [0.05, 0.1) is 24.3 Å². The highest BCUT2D eigenvalue weighted by Crippen LogP contribution is 2.29. The molecule has 2 aromatic rings. The van der Waals surface area contributed by atoms with Crippen molar-refractivity contribution in [3.8, 4) is 11.5 Å². The number of fused-ring (bicyclic) bond motifs is 2. The average Bonchev–Trinajstić information content (AvgIpc) is 2.88. The molecule has 2 atom stereocenters. The molecule has 0 N–H and O–H groups in total. The number of piperidine rings is 1. The fourth-order valence-corrected chi connectivity index (χ4v) is 5.23. The Labute approximate surface area is 203 Å². The minimum atomic E-state index is 0.0593. The number of nitrogens with zero attached hydrogens (tertiary/aromatic N) is 2. The van der Waals surface area contributed by atoms with E-state index in [-0.39, 0.29) is 18.1 Å². The molecule has 0 aliphatic carbocycles. The molecule has 0 saturated carbocycles. The summed E-state index contributed by atoms with van der Waals surface area (Å²) in [4.78, 5) is 18.1. The molecule has 0 aromatic heterocycles. The third-order valence-corrected chi connectivity index (χ3v) is 6.95. The predicted molar refractivity (Wildman–Crippen MR) is 134 cm³/mol. The van der Waals surface area contributed by atoms with Crippen LogP contribution in [0.25, 0.3) is 0 Å². The van der Waals surface area contributed by atoms with Gasteiger partial charge >= 0.3 is 0 Å². The van der Waals surface area contributed by atoms with Crippen LogP contribution in [0.3, 0.4) is 0 Å². The fourth-order valence-electron chi connectivity index (χ4n) is 5.23. The molecule has 1 amide bonds. The third-order valence-electron chi connectivity index (χ3n) is 6.95. The summed E-state index contributed by atoms with van der Waals surface area (Å²) in [6.07, 6.45) is 5.14. The zero-order valence-corrected chi connectivity index (χ0v) is 20.6. The van der Waals surface area contributed by atoms with Crippen molar-refractivity contribution in [3.05, 3.63) is 59.7 Å². The second kappa shape index (κ2) is 12.2. The van der Waals surface area contributed by atoms with Crippen molar-refractivity contribution >= 4 is 5.91 Å². The van der Waals surface area contributed by atoms with E-state index >= 15 is 0 Å². The van der Waals surface area contributed by atoms with Gasteiger partial charge in [-0.2, -0.15) is 0 Å². The van der Waals surface area contributed by atoms with Gasteiger partial charge in [-0.05, 0) is 57.4 Å². The number of rotatable bonds is 5. The maximum Gasteiger partial charge on any atom is 0.257 e. The first-order valence-electron chi connectivity index (χ1n) is 12.7. The number of ether oxygens (including phenoxy) is 3. The topological polar surface area (TPSA) is 51.2 Å². The van der Waals surface area contributed by atoms with Crippen molar-refractivity contribution in [3.63, 3.8) is 0 Å². The Bertz CT molecular complexity index is 934. The van der Waals surface area contributed by atoms with Gasteiger partial charge in [-0.3, -0.25) is 9.69 Å². The molecule has 6 heteroatoms. The number of methoxy groups -OCH3 is 1.